The number of nitrogens with one attached hydrogen (secondary N) is 1. The highest BCUT2D eigenvalue weighted by atomic mass is 19.4. The van der Waals surface area contributed by atoms with E-state index in [2.05, 4.69) is 20.3 Å². The Labute approximate surface area is 164 Å². The summed E-state index contributed by atoms with van der Waals surface area (Å²) in [4.78, 5) is 26.3. The van der Waals surface area contributed by atoms with Gasteiger partial charge in [-0.3, -0.25) is 9.20 Å². The standard InChI is InChI=1S/C19H19F3N6O/c1-12(29)25-14-3-2-8-27(11-14)17-6-7-23-18(26-17)15-9-24-16-5-4-13(10-28(15)16)19(20,21)22/h4-7,9-10,14H,2-3,8,11H2,1H3,(H,25,29). The Balaban J connectivity index is 1.66. The van der Waals surface area contributed by atoms with E-state index in [-0.39, 0.29) is 17.8 Å². The maximum atomic E-state index is 13.1. The number of pyridine rings is 1. The zero-order valence-corrected chi connectivity index (χ0v) is 15.6. The number of anilines is 1. The minimum Gasteiger partial charge on any atom is -0.354 e. The van der Waals surface area contributed by atoms with Crippen LogP contribution in [0.2, 0.25) is 0 Å². The Morgan fingerprint density at radius 2 is 2.07 bits per heavy atom. The second kappa shape index (κ2) is 7.34. The highest BCUT2D eigenvalue weighted by Crippen LogP contribution is 2.30. The highest BCUT2D eigenvalue weighted by Gasteiger charge is 2.31. The summed E-state index contributed by atoms with van der Waals surface area (Å²) in [5, 5.41) is 2.92. The zero-order valence-electron chi connectivity index (χ0n) is 15.6. The Hall–Kier alpha value is -3.17. The van der Waals surface area contributed by atoms with Crippen molar-refractivity contribution in [2.45, 2.75) is 32.0 Å². The van der Waals surface area contributed by atoms with Crippen molar-refractivity contribution in [3.05, 3.63) is 42.4 Å². The third kappa shape index (κ3) is 4.01. The molecule has 0 aromatic carbocycles. The molecule has 1 atom stereocenters. The first-order valence-corrected chi connectivity index (χ1v) is 9.21. The third-order valence-electron chi connectivity index (χ3n) is 4.86. The van der Waals surface area contributed by atoms with Crippen LogP contribution >= 0.6 is 0 Å². The molecule has 1 fully saturated rings. The molecule has 0 bridgehead atoms. The van der Waals surface area contributed by atoms with E-state index in [0.717, 1.165) is 31.6 Å². The van der Waals surface area contributed by atoms with Crippen LogP contribution < -0.4 is 10.2 Å². The maximum Gasteiger partial charge on any atom is 0.417 e. The molecule has 3 aromatic heterocycles. The monoisotopic (exact) mass is 404 g/mol. The average molecular weight is 404 g/mol. The number of nitrogens with zero attached hydrogens (tertiary/aromatic N) is 5. The van der Waals surface area contributed by atoms with Crippen molar-refractivity contribution in [1.82, 2.24) is 24.7 Å². The average Bonchev–Trinajstić information content (AvgIpc) is 3.10. The van der Waals surface area contributed by atoms with E-state index in [1.807, 2.05) is 4.90 Å². The fourth-order valence-electron chi connectivity index (χ4n) is 3.55. The van der Waals surface area contributed by atoms with Gasteiger partial charge in [-0.2, -0.15) is 13.2 Å². The largest absolute Gasteiger partial charge is 0.417 e. The summed E-state index contributed by atoms with van der Waals surface area (Å²) in [6.07, 6.45) is 1.38. The van der Waals surface area contributed by atoms with Crippen LogP contribution in [-0.4, -0.2) is 44.4 Å². The number of halogens is 3. The second-order valence-corrected chi connectivity index (χ2v) is 7.01. The second-order valence-electron chi connectivity index (χ2n) is 7.01. The molecule has 0 radical (unpaired) electrons. The number of carbonyl (C=O) groups excluding carboxylic acids is 1. The van der Waals surface area contributed by atoms with Gasteiger partial charge in [-0.25, -0.2) is 15.0 Å². The molecular formula is C19H19F3N6O. The lowest BCUT2D eigenvalue weighted by molar-refractivity contribution is -0.137. The van der Waals surface area contributed by atoms with Gasteiger partial charge in [0.05, 0.1) is 11.8 Å². The Morgan fingerprint density at radius 1 is 1.24 bits per heavy atom. The number of carbonyl (C=O) groups is 1. The Bertz CT molecular complexity index is 1050. The van der Waals surface area contributed by atoms with Crippen LogP contribution in [-0.2, 0) is 11.0 Å². The minimum absolute atomic E-state index is 0.0322. The minimum atomic E-state index is -4.45. The molecule has 1 N–H and O–H groups in total. The summed E-state index contributed by atoms with van der Waals surface area (Å²) >= 11 is 0. The molecule has 1 unspecified atom stereocenters. The molecule has 0 saturated carbocycles. The number of aromatic nitrogens is 4. The smallest absolute Gasteiger partial charge is 0.354 e. The van der Waals surface area contributed by atoms with E-state index in [4.69, 9.17) is 0 Å². The molecule has 29 heavy (non-hydrogen) atoms. The van der Waals surface area contributed by atoms with Crippen molar-refractivity contribution in [3.8, 4) is 11.5 Å². The summed E-state index contributed by atoms with van der Waals surface area (Å²) < 4.78 is 40.6. The quantitative estimate of drug-likeness (QED) is 0.727. The number of piperidine rings is 1. The van der Waals surface area contributed by atoms with Crippen molar-refractivity contribution >= 4 is 17.4 Å². The topological polar surface area (TPSA) is 75.4 Å². The van der Waals surface area contributed by atoms with Gasteiger partial charge in [0.15, 0.2) is 5.82 Å². The van der Waals surface area contributed by atoms with Crippen LogP contribution in [0.1, 0.15) is 25.3 Å². The molecule has 7 nitrogen and oxygen atoms in total. The van der Waals surface area contributed by atoms with Gasteiger partial charge in [0.25, 0.3) is 0 Å². The Morgan fingerprint density at radius 3 is 2.83 bits per heavy atom. The normalized spacial score (nSPS) is 17.5. The van der Waals surface area contributed by atoms with Crippen molar-refractivity contribution < 1.29 is 18.0 Å². The number of fused-ring (bicyclic) bond motifs is 1. The van der Waals surface area contributed by atoms with Gasteiger partial charge in [0.2, 0.25) is 5.91 Å². The molecule has 1 aliphatic rings. The summed E-state index contributed by atoms with van der Waals surface area (Å²) in [6, 6.07) is 4.10. The lowest BCUT2D eigenvalue weighted by Crippen LogP contribution is -2.47. The lowest BCUT2D eigenvalue weighted by Gasteiger charge is -2.33. The first kappa shape index (κ1) is 19.2. The predicted octanol–water partition coefficient (Wildman–Crippen LogP) is 2.92. The van der Waals surface area contributed by atoms with Crippen molar-refractivity contribution in [2.24, 2.45) is 0 Å². The molecule has 0 spiro atoms. The van der Waals surface area contributed by atoms with Crippen LogP contribution in [0.3, 0.4) is 0 Å². The highest BCUT2D eigenvalue weighted by molar-refractivity contribution is 5.73. The molecule has 1 amide bonds. The van der Waals surface area contributed by atoms with Gasteiger partial charge in [0, 0.05) is 38.4 Å². The van der Waals surface area contributed by atoms with E-state index in [9.17, 15) is 18.0 Å². The van der Waals surface area contributed by atoms with Crippen molar-refractivity contribution in [2.75, 3.05) is 18.0 Å². The van der Waals surface area contributed by atoms with Gasteiger partial charge < -0.3 is 10.2 Å². The lowest BCUT2D eigenvalue weighted by atomic mass is 10.1. The summed E-state index contributed by atoms with van der Waals surface area (Å²) in [5.41, 5.74) is -0.0105. The van der Waals surface area contributed by atoms with Gasteiger partial charge in [-0.05, 0) is 31.0 Å². The summed E-state index contributed by atoms with van der Waals surface area (Å²) in [7, 11) is 0. The number of amides is 1. The molecule has 1 saturated heterocycles. The van der Waals surface area contributed by atoms with Crippen LogP contribution in [0.25, 0.3) is 17.2 Å². The number of rotatable bonds is 3. The molecular weight excluding hydrogens is 385 g/mol. The molecule has 152 valence electrons. The number of imidazole rings is 1. The summed E-state index contributed by atoms with van der Waals surface area (Å²) in [6.45, 7) is 2.88. The first-order valence-electron chi connectivity index (χ1n) is 9.21. The van der Waals surface area contributed by atoms with E-state index < -0.39 is 11.7 Å². The number of hydrogen-bond donors (Lipinski definition) is 1. The first-order chi connectivity index (χ1) is 13.8. The fourth-order valence-corrected chi connectivity index (χ4v) is 3.55. The van der Waals surface area contributed by atoms with Crippen LogP contribution in [0.15, 0.2) is 36.8 Å². The van der Waals surface area contributed by atoms with Crippen LogP contribution in [0, 0.1) is 0 Å². The maximum absolute atomic E-state index is 13.1. The third-order valence-corrected chi connectivity index (χ3v) is 4.86. The van der Waals surface area contributed by atoms with Gasteiger partial charge in [-0.15, -0.1) is 0 Å². The Kier molecular flexibility index (Phi) is 4.85. The van der Waals surface area contributed by atoms with E-state index in [0.29, 0.717) is 23.7 Å². The molecule has 0 aliphatic carbocycles. The number of hydrogen-bond acceptors (Lipinski definition) is 5. The fraction of sp³-hybridized carbons (Fsp3) is 0.368. The van der Waals surface area contributed by atoms with Crippen LogP contribution in [0.5, 0.6) is 0 Å². The van der Waals surface area contributed by atoms with Crippen molar-refractivity contribution in [1.29, 1.82) is 0 Å². The molecule has 3 aromatic rings. The van der Waals surface area contributed by atoms with Gasteiger partial charge in [-0.1, -0.05) is 0 Å². The summed E-state index contributed by atoms with van der Waals surface area (Å²) in [5.74, 6) is 0.870. The zero-order chi connectivity index (χ0) is 20.6. The van der Waals surface area contributed by atoms with E-state index in [1.54, 1.807) is 12.3 Å². The molecule has 10 heteroatoms. The molecule has 4 rings (SSSR count). The van der Waals surface area contributed by atoms with Gasteiger partial charge in [0.1, 0.15) is 17.2 Å². The van der Waals surface area contributed by atoms with Gasteiger partial charge >= 0.3 is 6.18 Å². The van der Waals surface area contributed by atoms with Crippen LogP contribution in [0.4, 0.5) is 19.0 Å². The van der Waals surface area contributed by atoms with Crippen molar-refractivity contribution in [3.63, 3.8) is 0 Å². The molecule has 4 heterocycles. The number of alkyl halides is 3. The SMILES string of the molecule is CC(=O)NC1CCCN(c2ccnc(-c3cnc4ccc(C(F)(F)F)cn34)n2)C1. The molecule has 1 aliphatic heterocycles. The van der Waals surface area contributed by atoms with E-state index in [1.165, 1.54) is 23.6 Å². The van der Waals surface area contributed by atoms with E-state index >= 15 is 0 Å². The predicted molar refractivity (Wildman–Crippen MR) is 100 cm³/mol.